The number of anilines is 1. The number of unbranched alkanes of at least 4 members (excludes halogenated alkanes) is 6. The summed E-state index contributed by atoms with van der Waals surface area (Å²) in [7, 11) is 0. The molecule has 21 heavy (non-hydrogen) atoms. The smallest absolute Gasteiger partial charge is 0.313 e. The summed E-state index contributed by atoms with van der Waals surface area (Å²) < 4.78 is 5.35. The predicted octanol–water partition coefficient (Wildman–Crippen LogP) is 4.67. The van der Waals surface area contributed by atoms with Crippen LogP contribution in [0, 0.1) is 0 Å². The lowest BCUT2D eigenvalue weighted by Gasteiger charge is -2.12. The van der Waals surface area contributed by atoms with Crippen LogP contribution < -0.4 is 5.73 Å². The van der Waals surface area contributed by atoms with E-state index in [-0.39, 0.29) is 11.9 Å². The number of ether oxygens (including phenoxy) is 1. The number of benzene rings is 1. The SMILES string of the molecule is CCCCCCCCCOC(=O)C(C)c1cccc(N)c1. The van der Waals surface area contributed by atoms with Crippen LogP contribution in [0.1, 0.15) is 70.3 Å². The summed E-state index contributed by atoms with van der Waals surface area (Å²) in [5.74, 6) is -0.412. The minimum atomic E-state index is -0.252. The Bertz CT molecular complexity index is 417. The largest absolute Gasteiger partial charge is 0.465 e. The molecule has 1 atom stereocenters. The van der Waals surface area contributed by atoms with Gasteiger partial charge in [-0.15, -0.1) is 0 Å². The Labute approximate surface area is 128 Å². The number of nitrogen functional groups attached to an aromatic ring is 1. The van der Waals surface area contributed by atoms with Gasteiger partial charge in [-0.2, -0.15) is 0 Å². The maximum Gasteiger partial charge on any atom is 0.313 e. The maximum atomic E-state index is 12.0. The summed E-state index contributed by atoms with van der Waals surface area (Å²) >= 11 is 0. The first kappa shape index (κ1) is 17.5. The molecule has 0 aliphatic heterocycles. The molecule has 0 fully saturated rings. The second-order valence-electron chi connectivity index (χ2n) is 5.68. The number of nitrogens with two attached hydrogens (primary N) is 1. The molecule has 0 radical (unpaired) electrons. The third kappa shape index (κ3) is 7.16. The molecule has 1 rings (SSSR count). The maximum absolute atomic E-state index is 12.0. The molecule has 0 saturated heterocycles. The van der Waals surface area contributed by atoms with E-state index in [9.17, 15) is 4.79 Å². The molecular weight excluding hydrogens is 262 g/mol. The fourth-order valence-electron chi connectivity index (χ4n) is 2.32. The first-order valence-corrected chi connectivity index (χ1v) is 8.17. The van der Waals surface area contributed by atoms with Gasteiger partial charge in [0, 0.05) is 5.69 Å². The van der Waals surface area contributed by atoms with Gasteiger partial charge < -0.3 is 10.5 Å². The van der Waals surface area contributed by atoms with Crippen LogP contribution in [0.4, 0.5) is 5.69 Å². The van der Waals surface area contributed by atoms with Crippen LogP contribution in [0.5, 0.6) is 0 Å². The molecule has 0 amide bonds. The highest BCUT2D eigenvalue weighted by Crippen LogP contribution is 2.19. The lowest BCUT2D eigenvalue weighted by Crippen LogP contribution is -2.14. The van der Waals surface area contributed by atoms with Crippen molar-refractivity contribution in [3.8, 4) is 0 Å². The quantitative estimate of drug-likeness (QED) is 0.387. The Hall–Kier alpha value is -1.51. The van der Waals surface area contributed by atoms with Crippen LogP contribution in [0.3, 0.4) is 0 Å². The molecule has 3 heteroatoms. The Morgan fingerprint density at radius 3 is 2.48 bits per heavy atom. The molecule has 1 aromatic carbocycles. The lowest BCUT2D eigenvalue weighted by atomic mass is 10.0. The van der Waals surface area contributed by atoms with E-state index in [1.165, 1.54) is 32.1 Å². The Morgan fingerprint density at radius 1 is 1.14 bits per heavy atom. The van der Waals surface area contributed by atoms with Crippen molar-refractivity contribution in [2.24, 2.45) is 0 Å². The standard InChI is InChI=1S/C18H29NO2/c1-3-4-5-6-7-8-9-13-21-18(20)15(2)16-11-10-12-17(19)14-16/h10-12,14-15H,3-9,13,19H2,1-2H3. The van der Waals surface area contributed by atoms with Crippen molar-refractivity contribution < 1.29 is 9.53 Å². The molecule has 0 aliphatic rings. The topological polar surface area (TPSA) is 52.3 Å². The number of carbonyl (C=O) groups excluding carboxylic acids is 1. The fourth-order valence-corrected chi connectivity index (χ4v) is 2.32. The summed E-state index contributed by atoms with van der Waals surface area (Å²) in [6.07, 6.45) is 8.56. The van der Waals surface area contributed by atoms with Crippen molar-refractivity contribution in [2.45, 2.75) is 64.7 Å². The summed E-state index contributed by atoms with van der Waals surface area (Å²) in [6.45, 7) is 4.61. The Kier molecular flexibility index (Phi) is 8.56. The van der Waals surface area contributed by atoms with E-state index in [2.05, 4.69) is 6.92 Å². The minimum Gasteiger partial charge on any atom is -0.465 e. The molecular formula is C18H29NO2. The van der Waals surface area contributed by atoms with Crippen LogP contribution >= 0.6 is 0 Å². The van der Waals surface area contributed by atoms with Gasteiger partial charge in [-0.25, -0.2) is 0 Å². The van der Waals surface area contributed by atoms with Gasteiger partial charge in [0.1, 0.15) is 0 Å². The van der Waals surface area contributed by atoms with Gasteiger partial charge in [0.2, 0.25) is 0 Å². The van der Waals surface area contributed by atoms with Crippen LogP contribution in [0.25, 0.3) is 0 Å². The molecule has 0 aliphatic carbocycles. The van der Waals surface area contributed by atoms with E-state index >= 15 is 0 Å². The average molecular weight is 291 g/mol. The molecule has 2 N–H and O–H groups in total. The molecule has 0 bridgehead atoms. The lowest BCUT2D eigenvalue weighted by molar-refractivity contribution is -0.145. The highest BCUT2D eigenvalue weighted by molar-refractivity contribution is 5.78. The monoisotopic (exact) mass is 291 g/mol. The number of carbonyl (C=O) groups is 1. The molecule has 3 nitrogen and oxygen atoms in total. The van der Waals surface area contributed by atoms with E-state index in [0.717, 1.165) is 18.4 Å². The van der Waals surface area contributed by atoms with Gasteiger partial charge in [0.25, 0.3) is 0 Å². The first-order chi connectivity index (χ1) is 10.1. The van der Waals surface area contributed by atoms with Crippen molar-refractivity contribution in [3.63, 3.8) is 0 Å². The van der Waals surface area contributed by atoms with Crippen molar-refractivity contribution in [1.82, 2.24) is 0 Å². The van der Waals surface area contributed by atoms with Crippen molar-refractivity contribution in [3.05, 3.63) is 29.8 Å². The Morgan fingerprint density at radius 2 is 1.81 bits per heavy atom. The molecule has 1 aromatic rings. The highest BCUT2D eigenvalue weighted by atomic mass is 16.5. The van der Waals surface area contributed by atoms with Crippen molar-refractivity contribution >= 4 is 11.7 Å². The highest BCUT2D eigenvalue weighted by Gasteiger charge is 2.16. The Balaban J connectivity index is 2.16. The molecule has 118 valence electrons. The minimum absolute atomic E-state index is 0.161. The van der Waals surface area contributed by atoms with Gasteiger partial charge in [-0.05, 0) is 31.0 Å². The van der Waals surface area contributed by atoms with Gasteiger partial charge in [0.05, 0.1) is 12.5 Å². The predicted molar refractivity (Wildman–Crippen MR) is 88.2 cm³/mol. The normalized spacial score (nSPS) is 12.1. The second-order valence-corrected chi connectivity index (χ2v) is 5.68. The van der Waals surface area contributed by atoms with E-state index in [0.29, 0.717) is 12.3 Å². The van der Waals surface area contributed by atoms with E-state index < -0.39 is 0 Å². The van der Waals surface area contributed by atoms with Crippen molar-refractivity contribution in [2.75, 3.05) is 12.3 Å². The van der Waals surface area contributed by atoms with Crippen molar-refractivity contribution in [1.29, 1.82) is 0 Å². The van der Waals surface area contributed by atoms with E-state index in [1.807, 2.05) is 31.2 Å². The van der Waals surface area contributed by atoms with Crippen LogP contribution in [-0.2, 0) is 9.53 Å². The zero-order chi connectivity index (χ0) is 15.5. The van der Waals surface area contributed by atoms with Crippen LogP contribution in [-0.4, -0.2) is 12.6 Å². The van der Waals surface area contributed by atoms with Crippen LogP contribution in [0.2, 0.25) is 0 Å². The number of rotatable bonds is 10. The molecule has 0 saturated carbocycles. The molecule has 0 spiro atoms. The summed E-state index contributed by atoms with van der Waals surface area (Å²) in [4.78, 5) is 12.0. The number of esters is 1. The first-order valence-electron chi connectivity index (χ1n) is 8.17. The summed E-state index contributed by atoms with van der Waals surface area (Å²) in [5.41, 5.74) is 7.33. The zero-order valence-electron chi connectivity index (χ0n) is 13.4. The number of hydrogen-bond donors (Lipinski definition) is 1. The van der Waals surface area contributed by atoms with Gasteiger partial charge in [-0.1, -0.05) is 57.6 Å². The molecule has 0 heterocycles. The zero-order valence-corrected chi connectivity index (χ0v) is 13.4. The third-order valence-corrected chi connectivity index (χ3v) is 3.76. The van der Waals surface area contributed by atoms with Gasteiger partial charge in [0.15, 0.2) is 0 Å². The fraction of sp³-hybridized carbons (Fsp3) is 0.611. The molecule has 0 aromatic heterocycles. The van der Waals surface area contributed by atoms with E-state index in [1.54, 1.807) is 0 Å². The van der Waals surface area contributed by atoms with Gasteiger partial charge >= 0.3 is 5.97 Å². The third-order valence-electron chi connectivity index (χ3n) is 3.76. The van der Waals surface area contributed by atoms with Gasteiger partial charge in [-0.3, -0.25) is 4.79 Å². The van der Waals surface area contributed by atoms with E-state index in [4.69, 9.17) is 10.5 Å². The second kappa shape index (κ2) is 10.3. The summed E-state index contributed by atoms with van der Waals surface area (Å²) in [6, 6.07) is 7.43. The average Bonchev–Trinajstić information content (AvgIpc) is 2.49. The number of hydrogen-bond acceptors (Lipinski definition) is 3. The molecule has 1 unspecified atom stereocenters. The summed E-state index contributed by atoms with van der Waals surface area (Å²) in [5, 5.41) is 0. The van der Waals surface area contributed by atoms with Crippen LogP contribution in [0.15, 0.2) is 24.3 Å².